The molecule has 5 heteroatoms. The van der Waals surface area contributed by atoms with Crippen molar-refractivity contribution in [2.45, 2.75) is 44.8 Å². The Balaban J connectivity index is 1.59. The van der Waals surface area contributed by atoms with Crippen molar-refractivity contribution >= 4 is 5.97 Å². The average molecular weight is 290 g/mol. The van der Waals surface area contributed by atoms with Crippen LogP contribution in [0.1, 0.15) is 47.3 Å². The van der Waals surface area contributed by atoms with Gasteiger partial charge in [0, 0.05) is 32.4 Å². The first-order chi connectivity index (χ1) is 10.2. The summed E-state index contributed by atoms with van der Waals surface area (Å²) in [4.78, 5) is 17.6. The predicted molar refractivity (Wildman–Crippen MR) is 78.4 cm³/mol. The third-order valence-electron chi connectivity index (χ3n) is 4.47. The topological polar surface area (TPSA) is 62.7 Å². The first-order valence-electron chi connectivity index (χ1n) is 7.78. The van der Waals surface area contributed by atoms with E-state index in [2.05, 4.69) is 9.88 Å². The highest BCUT2D eigenvalue weighted by Gasteiger charge is 2.23. The Morgan fingerprint density at radius 2 is 2.38 bits per heavy atom. The lowest BCUT2D eigenvalue weighted by atomic mass is 9.98. The summed E-state index contributed by atoms with van der Waals surface area (Å²) in [6.07, 6.45) is 7.52. The van der Waals surface area contributed by atoms with Crippen molar-refractivity contribution in [2.24, 2.45) is 0 Å². The molecule has 0 spiro atoms. The van der Waals surface area contributed by atoms with Crippen LogP contribution in [0.4, 0.5) is 0 Å². The Labute approximate surface area is 124 Å². The smallest absolute Gasteiger partial charge is 0.354 e. The molecule has 114 valence electrons. The van der Waals surface area contributed by atoms with Crippen molar-refractivity contribution in [3.05, 3.63) is 29.1 Å². The zero-order chi connectivity index (χ0) is 14.7. The molecule has 3 heterocycles. The molecule has 2 aliphatic heterocycles. The molecule has 1 saturated heterocycles. The van der Waals surface area contributed by atoms with Crippen molar-refractivity contribution in [3.63, 3.8) is 0 Å². The highest BCUT2D eigenvalue weighted by atomic mass is 16.5. The van der Waals surface area contributed by atoms with Gasteiger partial charge in [0.05, 0.1) is 6.10 Å². The van der Waals surface area contributed by atoms with Gasteiger partial charge in [-0.2, -0.15) is 0 Å². The van der Waals surface area contributed by atoms with Crippen LogP contribution >= 0.6 is 0 Å². The van der Waals surface area contributed by atoms with Gasteiger partial charge >= 0.3 is 5.97 Å². The minimum atomic E-state index is -0.920. The van der Waals surface area contributed by atoms with Crippen LogP contribution in [0.25, 0.3) is 0 Å². The number of rotatable bonds is 4. The first-order valence-corrected chi connectivity index (χ1v) is 7.78. The fourth-order valence-corrected chi connectivity index (χ4v) is 3.29. The molecule has 0 amide bonds. The van der Waals surface area contributed by atoms with E-state index in [4.69, 9.17) is 4.74 Å². The van der Waals surface area contributed by atoms with Crippen molar-refractivity contribution in [3.8, 4) is 0 Å². The maximum Gasteiger partial charge on any atom is 0.354 e. The van der Waals surface area contributed by atoms with E-state index in [0.717, 1.165) is 50.2 Å². The lowest BCUT2D eigenvalue weighted by Gasteiger charge is -2.31. The van der Waals surface area contributed by atoms with Crippen molar-refractivity contribution in [2.75, 3.05) is 19.7 Å². The number of hydrogen-bond acceptors (Lipinski definition) is 4. The molecule has 2 aliphatic rings. The van der Waals surface area contributed by atoms with E-state index in [0.29, 0.717) is 6.10 Å². The fourth-order valence-electron chi connectivity index (χ4n) is 3.29. The maximum absolute atomic E-state index is 11.2. The molecular weight excluding hydrogens is 268 g/mol. The molecule has 0 aromatic carbocycles. The van der Waals surface area contributed by atoms with Crippen molar-refractivity contribution in [1.82, 2.24) is 9.88 Å². The van der Waals surface area contributed by atoms with Gasteiger partial charge in [0.25, 0.3) is 0 Å². The second kappa shape index (κ2) is 6.54. The largest absolute Gasteiger partial charge is 0.477 e. The lowest BCUT2D eigenvalue weighted by molar-refractivity contribution is 0.00476. The normalized spacial score (nSPS) is 22.8. The highest BCUT2D eigenvalue weighted by Crippen LogP contribution is 2.22. The van der Waals surface area contributed by atoms with Gasteiger partial charge in [-0.05, 0) is 49.3 Å². The number of hydrogen-bond donors (Lipinski definition) is 1. The monoisotopic (exact) mass is 290 g/mol. The number of fused-ring (bicyclic) bond motifs is 1. The van der Waals surface area contributed by atoms with Crippen LogP contribution in [-0.2, 0) is 17.7 Å². The van der Waals surface area contributed by atoms with Crippen LogP contribution < -0.4 is 0 Å². The van der Waals surface area contributed by atoms with Crippen LogP contribution in [0.15, 0.2) is 12.3 Å². The van der Waals surface area contributed by atoms with Crippen LogP contribution in [-0.4, -0.2) is 46.8 Å². The van der Waals surface area contributed by atoms with E-state index in [1.807, 2.05) is 6.07 Å². The van der Waals surface area contributed by atoms with E-state index in [1.165, 1.54) is 19.3 Å². The summed E-state index contributed by atoms with van der Waals surface area (Å²) in [6.45, 7) is 3.66. The van der Waals surface area contributed by atoms with Gasteiger partial charge in [0.15, 0.2) is 5.69 Å². The number of carboxylic acid groups (broad SMARTS) is 1. The summed E-state index contributed by atoms with van der Waals surface area (Å²) in [5, 5.41) is 9.19. The summed E-state index contributed by atoms with van der Waals surface area (Å²) in [5.74, 6) is -0.920. The fraction of sp³-hybridized carbons (Fsp3) is 0.625. The number of aromatic carboxylic acids is 1. The molecule has 1 aromatic heterocycles. The molecule has 21 heavy (non-hydrogen) atoms. The number of pyridine rings is 1. The zero-order valence-corrected chi connectivity index (χ0v) is 12.3. The second-order valence-electron chi connectivity index (χ2n) is 5.91. The second-order valence-corrected chi connectivity index (χ2v) is 5.91. The number of carbonyl (C=O) groups is 1. The Morgan fingerprint density at radius 3 is 3.14 bits per heavy atom. The molecule has 0 saturated carbocycles. The van der Waals surface area contributed by atoms with Gasteiger partial charge in [-0.25, -0.2) is 9.78 Å². The van der Waals surface area contributed by atoms with Crippen molar-refractivity contribution < 1.29 is 14.6 Å². The molecule has 1 aromatic rings. The van der Waals surface area contributed by atoms with E-state index < -0.39 is 5.97 Å². The average Bonchev–Trinajstić information content (AvgIpc) is 2.53. The number of aromatic nitrogens is 1. The summed E-state index contributed by atoms with van der Waals surface area (Å²) in [7, 11) is 0. The van der Waals surface area contributed by atoms with Gasteiger partial charge in [-0.15, -0.1) is 0 Å². The molecular formula is C16H22N2O3. The summed E-state index contributed by atoms with van der Waals surface area (Å²) >= 11 is 0. The molecule has 0 aliphatic carbocycles. The van der Waals surface area contributed by atoms with Gasteiger partial charge in [-0.1, -0.05) is 0 Å². The molecule has 3 rings (SSSR count). The minimum absolute atomic E-state index is 0.225. The van der Waals surface area contributed by atoms with Gasteiger partial charge in [-0.3, -0.25) is 4.90 Å². The standard InChI is InChI=1S/C16H22N2O3/c19-16(20)15-14-6-9-18(11-12(14)4-7-17-15)8-5-13-3-1-2-10-21-13/h4,7,13H,1-3,5-6,8-11H2,(H,19,20). The molecule has 0 radical (unpaired) electrons. The van der Waals surface area contributed by atoms with Crippen molar-refractivity contribution in [1.29, 1.82) is 0 Å². The molecule has 1 atom stereocenters. The molecule has 1 fully saturated rings. The molecule has 1 unspecified atom stereocenters. The molecule has 1 N–H and O–H groups in total. The number of carboxylic acids is 1. The number of ether oxygens (including phenoxy) is 1. The summed E-state index contributed by atoms with van der Waals surface area (Å²) < 4.78 is 5.77. The van der Waals surface area contributed by atoms with Gasteiger partial charge < -0.3 is 9.84 Å². The van der Waals surface area contributed by atoms with Crippen LogP contribution in [0.3, 0.4) is 0 Å². The lowest BCUT2D eigenvalue weighted by Crippen LogP contribution is -2.34. The summed E-state index contributed by atoms with van der Waals surface area (Å²) in [5.41, 5.74) is 2.25. The Morgan fingerprint density at radius 1 is 1.48 bits per heavy atom. The van der Waals surface area contributed by atoms with Crippen LogP contribution in [0.5, 0.6) is 0 Å². The Hall–Kier alpha value is -1.46. The van der Waals surface area contributed by atoms with Crippen LogP contribution in [0, 0.1) is 0 Å². The van der Waals surface area contributed by atoms with Gasteiger partial charge in [0.1, 0.15) is 0 Å². The van der Waals surface area contributed by atoms with E-state index in [9.17, 15) is 9.90 Å². The van der Waals surface area contributed by atoms with Crippen LogP contribution in [0.2, 0.25) is 0 Å². The molecule has 0 bridgehead atoms. The minimum Gasteiger partial charge on any atom is -0.477 e. The zero-order valence-electron chi connectivity index (χ0n) is 12.3. The molecule has 5 nitrogen and oxygen atoms in total. The van der Waals surface area contributed by atoms with Gasteiger partial charge in [0.2, 0.25) is 0 Å². The first kappa shape index (κ1) is 14.5. The van der Waals surface area contributed by atoms with E-state index >= 15 is 0 Å². The Kier molecular flexibility index (Phi) is 4.51. The highest BCUT2D eigenvalue weighted by molar-refractivity contribution is 5.87. The SMILES string of the molecule is O=C(O)c1nccc2c1CCN(CCC1CCCCO1)C2. The van der Waals surface area contributed by atoms with E-state index in [-0.39, 0.29) is 5.69 Å². The third kappa shape index (κ3) is 3.41. The summed E-state index contributed by atoms with van der Waals surface area (Å²) in [6, 6.07) is 1.95. The quantitative estimate of drug-likeness (QED) is 0.920. The maximum atomic E-state index is 11.2. The van der Waals surface area contributed by atoms with E-state index in [1.54, 1.807) is 6.20 Å². The third-order valence-corrected chi connectivity index (χ3v) is 4.47. The predicted octanol–water partition coefficient (Wildman–Crippen LogP) is 2.10. The number of nitrogens with zero attached hydrogens (tertiary/aromatic N) is 2. The Bertz CT molecular complexity index is 512.